The van der Waals surface area contributed by atoms with Crippen molar-refractivity contribution in [3.05, 3.63) is 0 Å². The summed E-state index contributed by atoms with van der Waals surface area (Å²) in [5, 5.41) is 8.34. The molecule has 0 saturated carbocycles. The van der Waals surface area contributed by atoms with Crippen LogP contribution in [0.4, 0.5) is 13.2 Å². The van der Waals surface area contributed by atoms with E-state index in [4.69, 9.17) is 5.11 Å². The lowest BCUT2D eigenvalue weighted by Gasteiger charge is -2.08. The Morgan fingerprint density at radius 1 is 1.46 bits per heavy atom. The largest absolute Gasteiger partial charge is 0.534 e. The Bertz CT molecular complexity index is 289. The molecule has 13 heavy (non-hydrogen) atoms. The second-order valence-electron chi connectivity index (χ2n) is 1.98. The third-order valence-corrected chi connectivity index (χ3v) is 1.77. The molecule has 0 saturated heterocycles. The second-order valence-corrected chi connectivity index (χ2v) is 3.52. The van der Waals surface area contributed by atoms with Crippen molar-refractivity contribution in [2.24, 2.45) is 0 Å². The molecule has 5 nitrogen and oxygen atoms in total. The normalized spacial score (nSPS) is 15.2. The number of carbonyl (C=O) groups is 1. The van der Waals surface area contributed by atoms with Crippen molar-refractivity contribution in [3.63, 3.8) is 0 Å². The Balaban J connectivity index is 4.65. The van der Waals surface area contributed by atoms with E-state index >= 15 is 0 Å². The quantitative estimate of drug-likeness (QED) is 0.515. The summed E-state index contributed by atoms with van der Waals surface area (Å²) in [4.78, 5) is 10.3. The summed E-state index contributed by atoms with van der Waals surface area (Å²) in [6, 6.07) is 0. The Morgan fingerprint density at radius 2 is 1.85 bits per heavy atom. The van der Waals surface area contributed by atoms with Crippen molar-refractivity contribution in [3.8, 4) is 0 Å². The molecule has 1 N–H and O–H groups in total. The molecule has 0 radical (unpaired) electrons. The first-order valence-corrected chi connectivity index (χ1v) is 4.21. The molecule has 0 aromatic carbocycles. The van der Waals surface area contributed by atoms with Crippen molar-refractivity contribution in [1.29, 1.82) is 0 Å². The van der Waals surface area contributed by atoms with Crippen molar-refractivity contribution in [1.82, 2.24) is 0 Å². The number of rotatable bonds is 2. The van der Waals surface area contributed by atoms with Crippen molar-refractivity contribution < 1.29 is 35.7 Å². The van der Waals surface area contributed by atoms with Gasteiger partial charge in [0.1, 0.15) is 6.10 Å². The number of aliphatic hydroxyl groups is 1. The fourth-order valence-corrected chi connectivity index (χ4v) is 0.675. The lowest BCUT2D eigenvalue weighted by atomic mass is 10.4. The molecule has 0 aliphatic heterocycles. The molecule has 1 atom stereocenters. The molecule has 0 rings (SSSR count). The van der Waals surface area contributed by atoms with E-state index in [-0.39, 0.29) is 0 Å². The summed E-state index contributed by atoms with van der Waals surface area (Å²) in [6.07, 6.45) is -1.93. The van der Waals surface area contributed by atoms with Gasteiger partial charge >= 0.3 is 21.6 Å². The van der Waals surface area contributed by atoms with E-state index in [0.717, 1.165) is 6.92 Å². The number of hydrogen-bond donors (Lipinski definition) is 1. The summed E-state index contributed by atoms with van der Waals surface area (Å²) in [5.74, 6) is -1.88. The standard InChI is InChI=1S/C4H5F3O5S/c1-2(8)3(9)12-13(10,11)4(5,6)7/h2,8H,1H3. The van der Waals surface area contributed by atoms with Gasteiger partial charge in [0.15, 0.2) is 0 Å². The van der Waals surface area contributed by atoms with Crippen LogP contribution in [0.15, 0.2) is 0 Å². The number of carbonyl (C=O) groups excluding carboxylic acids is 1. The van der Waals surface area contributed by atoms with Crippen LogP contribution in [-0.2, 0) is 19.1 Å². The lowest BCUT2D eigenvalue weighted by Crippen LogP contribution is -2.31. The van der Waals surface area contributed by atoms with Gasteiger partial charge in [-0.2, -0.15) is 21.6 Å². The highest BCUT2D eigenvalue weighted by Gasteiger charge is 2.49. The van der Waals surface area contributed by atoms with Crippen LogP contribution in [0.5, 0.6) is 0 Å². The minimum atomic E-state index is -5.95. The van der Waals surface area contributed by atoms with Gasteiger partial charge in [0.05, 0.1) is 0 Å². The van der Waals surface area contributed by atoms with E-state index in [9.17, 15) is 26.4 Å². The van der Waals surface area contributed by atoms with Gasteiger partial charge in [-0.3, -0.25) is 0 Å². The van der Waals surface area contributed by atoms with Crippen molar-refractivity contribution in [2.75, 3.05) is 0 Å². The second kappa shape index (κ2) is 3.50. The Kier molecular flexibility index (Phi) is 3.28. The molecule has 78 valence electrons. The van der Waals surface area contributed by atoms with Gasteiger partial charge in [-0.1, -0.05) is 0 Å². The Hall–Kier alpha value is -0.830. The Labute approximate surface area is 71.2 Å². The lowest BCUT2D eigenvalue weighted by molar-refractivity contribution is -0.144. The van der Waals surface area contributed by atoms with Crippen LogP contribution in [0.1, 0.15) is 6.92 Å². The van der Waals surface area contributed by atoms with Crippen LogP contribution >= 0.6 is 0 Å². The van der Waals surface area contributed by atoms with Gasteiger partial charge in [-0.05, 0) is 6.92 Å². The first kappa shape index (κ1) is 12.2. The number of alkyl halides is 3. The Morgan fingerprint density at radius 3 is 2.08 bits per heavy atom. The van der Waals surface area contributed by atoms with Gasteiger partial charge in [-0.15, -0.1) is 0 Å². The van der Waals surface area contributed by atoms with Crippen LogP contribution in [0, 0.1) is 0 Å². The zero-order valence-corrected chi connectivity index (χ0v) is 7.02. The molecule has 0 aliphatic rings. The number of aliphatic hydroxyl groups excluding tert-OH is 1. The molecule has 0 aliphatic carbocycles. The molecular formula is C4H5F3O5S. The molecule has 0 spiro atoms. The van der Waals surface area contributed by atoms with E-state index in [0.29, 0.717) is 0 Å². The monoisotopic (exact) mass is 222 g/mol. The van der Waals surface area contributed by atoms with Crippen molar-refractivity contribution in [2.45, 2.75) is 18.5 Å². The van der Waals surface area contributed by atoms with Crippen LogP contribution in [0.3, 0.4) is 0 Å². The van der Waals surface area contributed by atoms with Crippen LogP contribution in [-0.4, -0.2) is 31.1 Å². The first-order valence-electron chi connectivity index (χ1n) is 2.80. The summed E-state index contributed by atoms with van der Waals surface area (Å²) >= 11 is 0. The van der Waals surface area contributed by atoms with E-state index in [1.165, 1.54) is 0 Å². The highest BCUT2D eigenvalue weighted by atomic mass is 32.2. The molecule has 0 aromatic heterocycles. The van der Waals surface area contributed by atoms with E-state index < -0.39 is 27.7 Å². The van der Waals surface area contributed by atoms with Gasteiger partial charge < -0.3 is 9.29 Å². The SMILES string of the molecule is CC(O)C(=O)OS(=O)(=O)C(F)(F)F. The maximum absolute atomic E-state index is 11.5. The third kappa shape index (κ3) is 3.19. The maximum atomic E-state index is 11.5. The van der Waals surface area contributed by atoms with Gasteiger partial charge in [0, 0.05) is 0 Å². The zero-order valence-electron chi connectivity index (χ0n) is 6.20. The molecule has 0 heterocycles. The summed E-state index contributed by atoms with van der Waals surface area (Å²) in [6.45, 7) is 0.772. The average Bonchev–Trinajstić information content (AvgIpc) is 1.83. The van der Waals surface area contributed by atoms with Gasteiger partial charge in [0.2, 0.25) is 0 Å². The predicted octanol–water partition coefficient (Wildman–Crippen LogP) is -0.240. The summed E-state index contributed by atoms with van der Waals surface area (Å²) in [5.41, 5.74) is -5.67. The smallest absolute Gasteiger partial charge is 0.382 e. The summed E-state index contributed by atoms with van der Waals surface area (Å²) < 4.78 is 57.7. The van der Waals surface area contributed by atoms with Gasteiger partial charge in [-0.25, -0.2) is 4.79 Å². The highest BCUT2D eigenvalue weighted by Crippen LogP contribution is 2.24. The van der Waals surface area contributed by atoms with E-state index in [1.807, 2.05) is 0 Å². The highest BCUT2D eigenvalue weighted by molar-refractivity contribution is 7.88. The average molecular weight is 222 g/mol. The predicted molar refractivity (Wildman–Crippen MR) is 32.7 cm³/mol. The van der Waals surface area contributed by atoms with Crippen LogP contribution in [0.2, 0.25) is 0 Å². The first-order chi connectivity index (χ1) is 5.58. The zero-order chi connectivity index (χ0) is 10.9. The molecule has 0 bridgehead atoms. The van der Waals surface area contributed by atoms with Crippen LogP contribution < -0.4 is 0 Å². The summed E-state index contributed by atoms with van der Waals surface area (Å²) in [7, 11) is -5.95. The topological polar surface area (TPSA) is 80.7 Å². The number of hydrogen-bond acceptors (Lipinski definition) is 5. The fraction of sp³-hybridized carbons (Fsp3) is 0.750. The number of halogens is 3. The van der Waals surface area contributed by atoms with Crippen molar-refractivity contribution >= 4 is 16.1 Å². The minimum Gasteiger partial charge on any atom is -0.382 e. The molecular weight excluding hydrogens is 217 g/mol. The third-order valence-electron chi connectivity index (χ3n) is 0.816. The minimum absolute atomic E-state index is 0.772. The molecule has 0 aromatic rings. The maximum Gasteiger partial charge on any atom is 0.534 e. The molecule has 1 unspecified atom stereocenters. The van der Waals surface area contributed by atoms with E-state index in [1.54, 1.807) is 0 Å². The molecule has 9 heteroatoms. The van der Waals surface area contributed by atoms with E-state index in [2.05, 4.69) is 4.18 Å². The molecule has 0 fully saturated rings. The van der Waals surface area contributed by atoms with Crippen LogP contribution in [0.25, 0.3) is 0 Å². The molecule has 0 amide bonds. The fourth-order valence-electron chi connectivity index (χ4n) is 0.225. The van der Waals surface area contributed by atoms with Gasteiger partial charge in [0.25, 0.3) is 0 Å².